The normalized spacial score (nSPS) is 12.0. The molecule has 3 heteroatoms. The van der Waals surface area contributed by atoms with E-state index in [2.05, 4.69) is 24.4 Å². The smallest absolute Gasteiger partial charge is 0.0621 e. The van der Waals surface area contributed by atoms with Crippen LogP contribution in [0.1, 0.15) is 37.8 Å². The molecule has 1 aromatic carbocycles. The zero-order valence-electron chi connectivity index (χ0n) is 9.74. The van der Waals surface area contributed by atoms with Crippen LogP contribution in [0.15, 0.2) is 24.3 Å². The summed E-state index contributed by atoms with van der Waals surface area (Å²) in [4.78, 5) is 0. The fraction of sp³-hybridized carbons (Fsp3) is 0.462. The van der Waals surface area contributed by atoms with Crippen molar-refractivity contribution < 1.29 is 0 Å². The molecule has 0 radical (unpaired) electrons. The van der Waals surface area contributed by atoms with Crippen molar-refractivity contribution in [2.75, 3.05) is 12.3 Å². The molecular weight excluding hydrogens is 198 g/mol. The second-order valence-corrected chi connectivity index (χ2v) is 3.96. The van der Waals surface area contributed by atoms with Gasteiger partial charge < -0.3 is 11.1 Å². The van der Waals surface area contributed by atoms with E-state index in [9.17, 15) is 0 Å². The van der Waals surface area contributed by atoms with Gasteiger partial charge in [0.2, 0.25) is 0 Å². The van der Waals surface area contributed by atoms with E-state index in [1.165, 1.54) is 5.56 Å². The minimum atomic E-state index is 0.311. The number of nitrogens with one attached hydrogen (secondary N) is 1. The topological polar surface area (TPSA) is 61.8 Å². The van der Waals surface area contributed by atoms with Crippen LogP contribution in [0.2, 0.25) is 0 Å². The summed E-state index contributed by atoms with van der Waals surface area (Å²) in [5, 5.41) is 11.8. The maximum Gasteiger partial charge on any atom is 0.0621 e. The van der Waals surface area contributed by atoms with Crippen molar-refractivity contribution >= 4 is 5.69 Å². The standard InChI is InChI=1S/C13H19N3/c1-11(16-9-4-2-3-8-14)12-6-5-7-13(15)10-12/h5-7,10-11,16H,2-4,9,15H2,1H3. The summed E-state index contributed by atoms with van der Waals surface area (Å²) in [5.41, 5.74) is 7.74. The van der Waals surface area contributed by atoms with Gasteiger partial charge in [0.15, 0.2) is 0 Å². The fourth-order valence-corrected chi connectivity index (χ4v) is 1.59. The highest BCUT2D eigenvalue weighted by Crippen LogP contribution is 2.15. The average Bonchev–Trinajstić information content (AvgIpc) is 2.28. The van der Waals surface area contributed by atoms with Gasteiger partial charge in [-0.2, -0.15) is 5.26 Å². The number of benzene rings is 1. The number of hydrogen-bond donors (Lipinski definition) is 2. The van der Waals surface area contributed by atoms with Crippen LogP contribution in [0.3, 0.4) is 0 Å². The molecule has 86 valence electrons. The Morgan fingerprint density at radius 2 is 2.25 bits per heavy atom. The van der Waals surface area contributed by atoms with Crippen LogP contribution < -0.4 is 11.1 Å². The van der Waals surface area contributed by atoms with Crippen LogP contribution in [-0.2, 0) is 0 Å². The molecule has 1 aromatic rings. The summed E-state index contributed by atoms with van der Waals surface area (Å²) >= 11 is 0. The van der Waals surface area contributed by atoms with Gasteiger partial charge in [-0.1, -0.05) is 12.1 Å². The molecule has 0 saturated carbocycles. The molecular formula is C13H19N3. The summed E-state index contributed by atoms with van der Waals surface area (Å²) in [6.45, 7) is 3.07. The van der Waals surface area contributed by atoms with E-state index in [0.29, 0.717) is 12.5 Å². The first-order valence-corrected chi connectivity index (χ1v) is 5.70. The zero-order valence-corrected chi connectivity index (χ0v) is 9.74. The van der Waals surface area contributed by atoms with Crippen molar-refractivity contribution in [3.8, 4) is 6.07 Å². The molecule has 3 nitrogen and oxygen atoms in total. The number of nitrogen functional groups attached to an aromatic ring is 1. The van der Waals surface area contributed by atoms with Gasteiger partial charge in [0.05, 0.1) is 6.07 Å². The van der Waals surface area contributed by atoms with Gasteiger partial charge in [0, 0.05) is 18.2 Å². The van der Waals surface area contributed by atoms with Crippen LogP contribution in [0, 0.1) is 11.3 Å². The lowest BCUT2D eigenvalue weighted by atomic mass is 10.1. The number of unbranched alkanes of at least 4 members (excludes halogenated alkanes) is 2. The third-order valence-electron chi connectivity index (χ3n) is 2.58. The molecule has 0 heterocycles. The molecule has 0 bridgehead atoms. The Balaban J connectivity index is 2.30. The summed E-state index contributed by atoms with van der Waals surface area (Å²) in [6.07, 6.45) is 2.65. The molecule has 0 spiro atoms. The maximum atomic E-state index is 8.40. The Labute approximate surface area is 97.3 Å². The third-order valence-corrected chi connectivity index (χ3v) is 2.58. The Bertz CT molecular complexity index is 354. The Kier molecular flexibility index (Phi) is 5.38. The Hall–Kier alpha value is -1.53. The van der Waals surface area contributed by atoms with E-state index in [1.807, 2.05) is 18.2 Å². The molecule has 0 aliphatic carbocycles. The largest absolute Gasteiger partial charge is 0.399 e. The number of rotatable bonds is 6. The molecule has 1 unspecified atom stereocenters. The minimum Gasteiger partial charge on any atom is -0.399 e. The van der Waals surface area contributed by atoms with Gasteiger partial charge in [-0.05, 0) is 44.0 Å². The Morgan fingerprint density at radius 1 is 1.44 bits per heavy atom. The van der Waals surface area contributed by atoms with Crippen LogP contribution in [0.5, 0.6) is 0 Å². The van der Waals surface area contributed by atoms with Gasteiger partial charge in [0.1, 0.15) is 0 Å². The van der Waals surface area contributed by atoms with Crippen molar-refractivity contribution in [2.45, 2.75) is 32.2 Å². The van der Waals surface area contributed by atoms with E-state index in [-0.39, 0.29) is 0 Å². The molecule has 0 saturated heterocycles. The monoisotopic (exact) mass is 217 g/mol. The number of hydrogen-bond acceptors (Lipinski definition) is 3. The van der Waals surface area contributed by atoms with Gasteiger partial charge in [-0.25, -0.2) is 0 Å². The predicted octanol–water partition coefficient (Wildman–Crippen LogP) is 2.61. The highest BCUT2D eigenvalue weighted by Gasteiger charge is 2.03. The first-order valence-electron chi connectivity index (χ1n) is 5.70. The van der Waals surface area contributed by atoms with Crippen LogP contribution in [0.4, 0.5) is 5.69 Å². The summed E-state index contributed by atoms with van der Waals surface area (Å²) in [5.74, 6) is 0. The summed E-state index contributed by atoms with van der Waals surface area (Å²) < 4.78 is 0. The van der Waals surface area contributed by atoms with Gasteiger partial charge in [-0.15, -0.1) is 0 Å². The molecule has 0 fully saturated rings. The van der Waals surface area contributed by atoms with Crippen molar-refractivity contribution in [1.82, 2.24) is 5.32 Å². The van der Waals surface area contributed by atoms with Crippen LogP contribution in [-0.4, -0.2) is 6.54 Å². The molecule has 3 N–H and O–H groups in total. The minimum absolute atomic E-state index is 0.311. The molecule has 1 rings (SSSR count). The third kappa shape index (κ3) is 4.33. The van der Waals surface area contributed by atoms with Crippen molar-refractivity contribution in [3.63, 3.8) is 0 Å². The highest BCUT2D eigenvalue weighted by atomic mass is 14.9. The summed E-state index contributed by atoms with van der Waals surface area (Å²) in [7, 11) is 0. The van der Waals surface area contributed by atoms with E-state index in [0.717, 1.165) is 25.1 Å². The lowest BCUT2D eigenvalue weighted by molar-refractivity contribution is 0.549. The average molecular weight is 217 g/mol. The summed E-state index contributed by atoms with van der Waals surface area (Å²) in [6, 6.07) is 10.4. The van der Waals surface area contributed by atoms with Crippen LogP contribution in [0.25, 0.3) is 0 Å². The first kappa shape index (κ1) is 12.5. The molecule has 1 atom stereocenters. The molecule has 0 aromatic heterocycles. The molecule has 0 aliphatic heterocycles. The number of anilines is 1. The van der Waals surface area contributed by atoms with E-state index >= 15 is 0 Å². The quantitative estimate of drug-likeness (QED) is 0.568. The second kappa shape index (κ2) is 6.86. The van der Waals surface area contributed by atoms with Crippen molar-refractivity contribution in [1.29, 1.82) is 5.26 Å². The lowest BCUT2D eigenvalue weighted by Gasteiger charge is -2.14. The number of nitrogens with two attached hydrogens (primary N) is 1. The van der Waals surface area contributed by atoms with E-state index in [4.69, 9.17) is 11.0 Å². The highest BCUT2D eigenvalue weighted by molar-refractivity contribution is 5.41. The molecule has 16 heavy (non-hydrogen) atoms. The van der Waals surface area contributed by atoms with Crippen molar-refractivity contribution in [3.05, 3.63) is 29.8 Å². The zero-order chi connectivity index (χ0) is 11.8. The van der Waals surface area contributed by atoms with Gasteiger partial charge in [-0.3, -0.25) is 0 Å². The van der Waals surface area contributed by atoms with E-state index in [1.54, 1.807) is 0 Å². The number of nitriles is 1. The Morgan fingerprint density at radius 3 is 2.94 bits per heavy atom. The second-order valence-electron chi connectivity index (χ2n) is 3.96. The van der Waals surface area contributed by atoms with Gasteiger partial charge >= 0.3 is 0 Å². The molecule has 0 amide bonds. The SMILES string of the molecule is CC(NCCCCC#N)c1cccc(N)c1. The van der Waals surface area contributed by atoms with Gasteiger partial charge in [0.25, 0.3) is 0 Å². The maximum absolute atomic E-state index is 8.40. The number of nitrogens with zero attached hydrogens (tertiary/aromatic N) is 1. The fourth-order valence-electron chi connectivity index (χ4n) is 1.59. The predicted molar refractivity (Wildman–Crippen MR) is 66.7 cm³/mol. The molecule has 0 aliphatic rings. The van der Waals surface area contributed by atoms with Crippen LogP contribution >= 0.6 is 0 Å². The van der Waals surface area contributed by atoms with E-state index < -0.39 is 0 Å². The lowest BCUT2D eigenvalue weighted by Crippen LogP contribution is -2.19. The van der Waals surface area contributed by atoms with Crippen molar-refractivity contribution in [2.24, 2.45) is 0 Å². The first-order chi connectivity index (χ1) is 7.74.